The van der Waals surface area contributed by atoms with Gasteiger partial charge in [-0.3, -0.25) is 0 Å². The highest BCUT2D eigenvalue weighted by atomic mass is 79.9. The Kier molecular flexibility index (Phi) is 6.21. The van der Waals surface area contributed by atoms with Crippen LogP contribution in [0, 0.1) is 27.7 Å². The number of phenolic OH excluding ortho intramolecular Hbond substituents is 2. The number of alkyl halides is 1. The molecule has 136 valence electrons. The van der Waals surface area contributed by atoms with E-state index in [0.29, 0.717) is 11.5 Å². The molecule has 0 spiro atoms. The SMILES string of the molecule is CCc1c(C)c(C(CBr)c2cc(C)c(O)c(CC)c2C)cc(C)c1O. The molecule has 0 bridgehead atoms. The maximum absolute atomic E-state index is 10.4. The maximum atomic E-state index is 10.4. The van der Waals surface area contributed by atoms with Gasteiger partial charge in [0.25, 0.3) is 0 Å². The molecule has 0 saturated carbocycles. The van der Waals surface area contributed by atoms with E-state index < -0.39 is 0 Å². The highest BCUT2D eigenvalue weighted by Gasteiger charge is 2.23. The van der Waals surface area contributed by atoms with Crippen molar-refractivity contribution in [2.45, 2.75) is 60.3 Å². The smallest absolute Gasteiger partial charge is 0.121 e. The molecule has 2 rings (SSSR count). The quantitative estimate of drug-likeness (QED) is 0.601. The molecule has 0 heterocycles. The fourth-order valence-corrected chi connectivity index (χ4v) is 4.62. The average Bonchev–Trinajstić information content (AvgIpc) is 2.58. The minimum atomic E-state index is 0.189. The van der Waals surface area contributed by atoms with Gasteiger partial charge in [0.15, 0.2) is 0 Å². The molecule has 0 aliphatic heterocycles. The number of rotatable bonds is 5. The molecule has 0 aliphatic carbocycles. The Bertz CT molecular complexity index is 728. The lowest BCUT2D eigenvalue weighted by molar-refractivity contribution is 0.463. The number of hydrogen-bond donors (Lipinski definition) is 2. The van der Waals surface area contributed by atoms with Crippen molar-refractivity contribution in [2.24, 2.45) is 0 Å². The summed E-state index contributed by atoms with van der Waals surface area (Å²) in [6.07, 6.45) is 1.63. The third-order valence-corrected chi connectivity index (χ3v) is 6.09. The van der Waals surface area contributed by atoms with Gasteiger partial charge in [-0.2, -0.15) is 0 Å². The Morgan fingerprint density at radius 2 is 1.16 bits per heavy atom. The van der Waals surface area contributed by atoms with Crippen molar-refractivity contribution in [1.29, 1.82) is 0 Å². The molecule has 2 aromatic carbocycles. The van der Waals surface area contributed by atoms with E-state index in [1.165, 1.54) is 22.3 Å². The summed E-state index contributed by atoms with van der Waals surface area (Å²) in [5.74, 6) is 1.03. The summed E-state index contributed by atoms with van der Waals surface area (Å²) in [5.41, 5.74) is 8.74. The van der Waals surface area contributed by atoms with Crippen LogP contribution in [-0.2, 0) is 12.8 Å². The van der Waals surface area contributed by atoms with Crippen molar-refractivity contribution in [3.8, 4) is 11.5 Å². The van der Waals surface area contributed by atoms with Crippen molar-refractivity contribution in [2.75, 3.05) is 5.33 Å². The Labute approximate surface area is 160 Å². The molecule has 3 heteroatoms. The molecule has 0 amide bonds. The van der Waals surface area contributed by atoms with Crippen molar-refractivity contribution in [3.63, 3.8) is 0 Å². The lowest BCUT2D eigenvalue weighted by atomic mass is 9.82. The Hall–Kier alpha value is -1.48. The van der Waals surface area contributed by atoms with E-state index in [-0.39, 0.29) is 5.92 Å². The van der Waals surface area contributed by atoms with Crippen LogP contribution in [-0.4, -0.2) is 15.5 Å². The standard InChI is InChI=1S/C22H29BrO2/c1-7-16-14(5)18(9-12(3)21(16)24)20(11-23)19-10-13(4)22(25)17(8-2)15(19)6/h9-10,20,24-25H,7-8,11H2,1-6H3. The van der Waals surface area contributed by atoms with Gasteiger partial charge in [-0.05, 0) is 85.0 Å². The van der Waals surface area contributed by atoms with Crippen LogP contribution in [0.2, 0.25) is 0 Å². The Morgan fingerprint density at radius 3 is 1.44 bits per heavy atom. The third-order valence-electron chi connectivity index (χ3n) is 5.45. The molecule has 2 aromatic rings. The lowest BCUT2D eigenvalue weighted by Gasteiger charge is -2.25. The molecule has 2 nitrogen and oxygen atoms in total. The minimum absolute atomic E-state index is 0.189. The van der Waals surface area contributed by atoms with Crippen LogP contribution in [0.25, 0.3) is 0 Å². The maximum Gasteiger partial charge on any atom is 0.121 e. The topological polar surface area (TPSA) is 40.5 Å². The van der Waals surface area contributed by atoms with Gasteiger partial charge >= 0.3 is 0 Å². The second kappa shape index (κ2) is 7.82. The van der Waals surface area contributed by atoms with Crippen LogP contribution < -0.4 is 0 Å². The predicted octanol–water partition coefficient (Wildman–Crippen LogP) is 5.98. The summed E-state index contributed by atoms with van der Waals surface area (Å²) in [6, 6.07) is 4.23. The summed E-state index contributed by atoms with van der Waals surface area (Å²) < 4.78 is 0. The molecule has 0 aromatic heterocycles. The molecule has 0 saturated heterocycles. The summed E-state index contributed by atoms with van der Waals surface area (Å²) in [4.78, 5) is 0. The van der Waals surface area contributed by atoms with Crippen LogP contribution in [0.3, 0.4) is 0 Å². The number of phenols is 2. The zero-order chi connectivity index (χ0) is 18.9. The molecule has 0 aliphatic rings. The van der Waals surface area contributed by atoms with Crippen molar-refractivity contribution in [3.05, 3.63) is 56.6 Å². The van der Waals surface area contributed by atoms with Crippen molar-refractivity contribution in [1.82, 2.24) is 0 Å². The van der Waals surface area contributed by atoms with Crippen LogP contribution in [0.5, 0.6) is 11.5 Å². The highest BCUT2D eigenvalue weighted by Crippen LogP contribution is 2.40. The average molecular weight is 405 g/mol. The number of aromatic hydroxyl groups is 2. The summed E-state index contributed by atoms with van der Waals surface area (Å²) >= 11 is 3.71. The van der Waals surface area contributed by atoms with E-state index in [4.69, 9.17) is 0 Å². The molecular weight excluding hydrogens is 376 g/mol. The fourth-order valence-electron chi connectivity index (χ4n) is 3.92. The van der Waals surface area contributed by atoms with E-state index in [0.717, 1.165) is 40.4 Å². The van der Waals surface area contributed by atoms with Gasteiger partial charge in [0, 0.05) is 11.2 Å². The van der Waals surface area contributed by atoms with Crippen LogP contribution in [0.4, 0.5) is 0 Å². The van der Waals surface area contributed by atoms with Gasteiger partial charge in [-0.1, -0.05) is 41.9 Å². The van der Waals surface area contributed by atoms with Gasteiger partial charge < -0.3 is 10.2 Å². The molecule has 0 atom stereocenters. The highest BCUT2D eigenvalue weighted by molar-refractivity contribution is 9.09. The molecular formula is C22H29BrO2. The summed E-state index contributed by atoms with van der Waals surface area (Å²) in [5, 5.41) is 21.6. The Balaban J connectivity index is 2.75. The van der Waals surface area contributed by atoms with Crippen LogP contribution >= 0.6 is 15.9 Å². The van der Waals surface area contributed by atoms with Gasteiger partial charge in [0.05, 0.1) is 0 Å². The molecule has 0 radical (unpaired) electrons. The number of aryl methyl sites for hydroxylation is 2. The predicted molar refractivity (Wildman–Crippen MR) is 110 cm³/mol. The number of benzene rings is 2. The van der Waals surface area contributed by atoms with E-state index >= 15 is 0 Å². The van der Waals surface area contributed by atoms with Gasteiger partial charge in [-0.25, -0.2) is 0 Å². The first-order valence-electron chi connectivity index (χ1n) is 8.98. The van der Waals surface area contributed by atoms with E-state index in [9.17, 15) is 10.2 Å². The fraction of sp³-hybridized carbons (Fsp3) is 0.455. The van der Waals surface area contributed by atoms with Crippen molar-refractivity contribution >= 4 is 15.9 Å². The molecule has 0 unspecified atom stereocenters. The van der Waals surface area contributed by atoms with Gasteiger partial charge in [0.2, 0.25) is 0 Å². The van der Waals surface area contributed by atoms with Crippen molar-refractivity contribution < 1.29 is 10.2 Å². The zero-order valence-corrected chi connectivity index (χ0v) is 17.7. The first-order chi connectivity index (χ1) is 11.8. The lowest BCUT2D eigenvalue weighted by Crippen LogP contribution is -2.11. The normalized spacial score (nSPS) is 11.4. The second-order valence-corrected chi connectivity index (χ2v) is 7.53. The number of hydrogen-bond acceptors (Lipinski definition) is 2. The molecule has 2 N–H and O–H groups in total. The molecule has 0 fully saturated rings. The van der Waals surface area contributed by atoms with E-state index in [2.05, 4.69) is 55.8 Å². The number of halogens is 1. The third kappa shape index (κ3) is 3.44. The second-order valence-electron chi connectivity index (χ2n) is 6.88. The largest absolute Gasteiger partial charge is 0.507 e. The summed E-state index contributed by atoms with van der Waals surface area (Å²) in [7, 11) is 0. The van der Waals surface area contributed by atoms with E-state index in [1.807, 2.05) is 13.8 Å². The minimum Gasteiger partial charge on any atom is -0.507 e. The first-order valence-corrected chi connectivity index (χ1v) is 10.1. The van der Waals surface area contributed by atoms with Crippen LogP contribution in [0.1, 0.15) is 64.3 Å². The molecule has 25 heavy (non-hydrogen) atoms. The van der Waals surface area contributed by atoms with E-state index in [1.54, 1.807) is 0 Å². The first kappa shape index (κ1) is 19.8. The van der Waals surface area contributed by atoms with Crippen LogP contribution in [0.15, 0.2) is 12.1 Å². The monoisotopic (exact) mass is 404 g/mol. The summed E-state index contributed by atoms with van der Waals surface area (Å²) in [6.45, 7) is 12.3. The zero-order valence-electron chi connectivity index (χ0n) is 16.1. The van der Waals surface area contributed by atoms with Gasteiger partial charge in [0.1, 0.15) is 11.5 Å². The van der Waals surface area contributed by atoms with Gasteiger partial charge in [-0.15, -0.1) is 0 Å². The Morgan fingerprint density at radius 1 is 0.800 bits per heavy atom.